The van der Waals surface area contributed by atoms with Crippen molar-refractivity contribution in [1.82, 2.24) is 4.31 Å². The SMILES string of the molecule is CC(C)(O)CN([C@H]1C(C(=O)O)[C@H]1c1ccccc1)S(=O)(=O)c1ccc(-c2ccc(Cl)cc2)cc1. The lowest BCUT2D eigenvalue weighted by Crippen LogP contribution is -2.44. The van der Waals surface area contributed by atoms with Crippen molar-refractivity contribution in [3.05, 3.63) is 89.4 Å². The van der Waals surface area contributed by atoms with Crippen LogP contribution < -0.4 is 0 Å². The van der Waals surface area contributed by atoms with E-state index in [0.29, 0.717) is 5.02 Å². The van der Waals surface area contributed by atoms with Crippen LogP contribution in [0, 0.1) is 5.92 Å². The maximum absolute atomic E-state index is 13.7. The number of aliphatic carboxylic acids is 1. The van der Waals surface area contributed by atoms with Gasteiger partial charge in [-0.15, -0.1) is 0 Å². The van der Waals surface area contributed by atoms with Gasteiger partial charge in [0.1, 0.15) is 0 Å². The summed E-state index contributed by atoms with van der Waals surface area (Å²) in [7, 11) is -4.10. The van der Waals surface area contributed by atoms with Crippen LogP contribution in [0.4, 0.5) is 0 Å². The molecule has 1 fully saturated rings. The zero-order valence-electron chi connectivity index (χ0n) is 18.8. The zero-order chi connectivity index (χ0) is 24.7. The summed E-state index contributed by atoms with van der Waals surface area (Å²) in [4.78, 5) is 12.1. The van der Waals surface area contributed by atoms with E-state index < -0.39 is 39.5 Å². The number of carboxylic acid groups (broad SMARTS) is 1. The van der Waals surface area contributed by atoms with Gasteiger partial charge in [-0.25, -0.2) is 8.42 Å². The largest absolute Gasteiger partial charge is 0.481 e. The van der Waals surface area contributed by atoms with Crippen LogP contribution in [0.3, 0.4) is 0 Å². The third-order valence-corrected chi connectivity index (χ3v) is 8.08. The van der Waals surface area contributed by atoms with E-state index in [-0.39, 0.29) is 11.4 Å². The first-order chi connectivity index (χ1) is 16.0. The van der Waals surface area contributed by atoms with E-state index >= 15 is 0 Å². The van der Waals surface area contributed by atoms with E-state index in [1.54, 1.807) is 48.5 Å². The number of aliphatic hydroxyl groups is 1. The molecule has 3 aromatic carbocycles. The molecular weight excluding hydrogens is 474 g/mol. The normalized spacial score (nSPS) is 20.3. The highest BCUT2D eigenvalue weighted by atomic mass is 35.5. The Bertz CT molecular complexity index is 1270. The van der Waals surface area contributed by atoms with Crippen molar-refractivity contribution in [1.29, 1.82) is 0 Å². The van der Waals surface area contributed by atoms with Gasteiger partial charge in [-0.2, -0.15) is 4.31 Å². The topological polar surface area (TPSA) is 94.9 Å². The maximum Gasteiger partial charge on any atom is 0.308 e. The average Bonchev–Trinajstić information content (AvgIpc) is 3.54. The number of benzene rings is 3. The van der Waals surface area contributed by atoms with Crippen molar-refractivity contribution in [3.63, 3.8) is 0 Å². The second-order valence-corrected chi connectivity index (χ2v) is 11.5. The molecule has 0 bridgehead atoms. The molecule has 0 radical (unpaired) electrons. The van der Waals surface area contributed by atoms with Gasteiger partial charge >= 0.3 is 5.97 Å². The van der Waals surface area contributed by atoms with Crippen LogP contribution in [0.5, 0.6) is 0 Å². The van der Waals surface area contributed by atoms with Crippen LogP contribution in [0.2, 0.25) is 5.02 Å². The molecule has 178 valence electrons. The van der Waals surface area contributed by atoms with Crippen LogP contribution in [0.15, 0.2) is 83.8 Å². The highest BCUT2D eigenvalue weighted by molar-refractivity contribution is 7.89. The van der Waals surface area contributed by atoms with Crippen molar-refractivity contribution < 1.29 is 23.4 Å². The van der Waals surface area contributed by atoms with Gasteiger partial charge in [-0.3, -0.25) is 4.79 Å². The molecule has 6 nitrogen and oxygen atoms in total. The summed E-state index contributed by atoms with van der Waals surface area (Å²) < 4.78 is 28.6. The van der Waals surface area contributed by atoms with Gasteiger partial charge in [0.15, 0.2) is 0 Å². The number of rotatable bonds is 8. The molecule has 8 heteroatoms. The first-order valence-corrected chi connectivity index (χ1v) is 12.7. The first-order valence-electron chi connectivity index (χ1n) is 10.9. The maximum atomic E-state index is 13.7. The molecule has 1 unspecified atom stereocenters. The lowest BCUT2D eigenvalue weighted by molar-refractivity contribution is -0.139. The second kappa shape index (κ2) is 9.15. The second-order valence-electron chi connectivity index (χ2n) is 9.19. The Balaban J connectivity index is 1.70. The first kappa shape index (κ1) is 24.4. The van der Waals surface area contributed by atoms with Gasteiger partial charge in [-0.1, -0.05) is 66.2 Å². The molecule has 1 saturated carbocycles. The van der Waals surface area contributed by atoms with Gasteiger partial charge in [-0.05, 0) is 54.8 Å². The summed E-state index contributed by atoms with van der Waals surface area (Å²) >= 11 is 5.95. The molecule has 0 spiro atoms. The molecule has 0 saturated heterocycles. The zero-order valence-corrected chi connectivity index (χ0v) is 20.4. The smallest absolute Gasteiger partial charge is 0.308 e. The number of hydrogen-bond acceptors (Lipinski definition) is 4. The van der Waals surface area contributed by atoms with E-state index in [9.17, 15) is 23.4 Å². The van der Waals surface area contributed by atoms with E-state index in [0.717, 1.165) is 21.0 Å². The lowest BCUT2D eigenvalue weighted by atomic mass is 10.1. The van der Waals surface area contributed by atoms with Crippen LogP contribution in [0.25, 0.3) is 11.1 Å². The number of carbonyl (C=O) groups is 1. The predicted molar refractivity (Wildman–Crippen MR) is 131 cm³/mol. The van der Waals surface area contributed by atoms with Crippen molar-refractivity contribution in [2.75, 3.05) is 6.54 Å². The average molecular weight is 500 g/mol. The number of halogens is 1. The van der Waals surface area contributed by atoms with Gasteiger partial charge < -0.3 is 10.2 Å². The highest BCUT2D eigenvalue weighted by Gasteiger charge is 2.61. The summed E-state index contributed by atoms with van der Waals surface area (Å²) in [5.41, 5.74) is 1.11. The van der Waals surface area contributed by atoms with Gasteiger partial charge in [0.2, 0.25) is 10.0 Å². The molecular formula is C26H26ClNO5S. The molecule has 2 N–H and O–H groups in total. The van der Waals surface area contributed by atoms with Crippen molar-refractivity contribution >= 4 is 27.6 Å². The standard InChI is InChI=1S/C26H26ClNO5S/c1-26(2,31)16-28(24-22(23(24)25(29)30)19-6-4-3-5-7-19)34(32,33)21-14-10-18(11-15-21)17-8-12-20(27)13-9-17/h3-15,22-24,31H,16H2,1-2H3,(H,29,30)/t22-,23?,24-/m1/s1. The van der Waals surface area contributed by atoms with E-state index in [1.165, 1.54) is 26.0 Å². The molecule has 0 heterocycles. The van der Waals surface area contributed by atoms with E-state index in [4.69, 9.17) is 11.6 Å². The van der Waals surface area contributed by atoms with Crippen molar-refractivity contribution in [2.24, 2.45) is 5.92 Å². The minimum absolute atomic E-state index is 0.0392. The van der Waals surface area contributed by atoms with E-state index in [2.05, 4.69) is 0 Å². The highest BCUT2D eigenvalue weighted by Crippen LogP contribution is 2.53. The van der Waals surface area contributed by atoms with Crippen LogP contribution >= 0.6 is 11.6 Å². The molecule has 0 aliphatic heterocycles. The fourth-order valence-electron chi connectivity index (χ4n) is 4.36. The third-order valence-electron chi connectivity index (χ3n) is 5.97. The fraction of sp³-hybridized carbons (Fsp3) is 0.269. The molecule has 0 aromatic heterocycles. The Morgan fingerprint density at radius 1 is 0.941 bits per heavy atom. The Kier molecular flexibility index (Phi) is 6.57. The molecule has 3 atom stereocenters. The summed E-state index contributed by atoms with van der Waals surface area (Å²) in [6.07, 6.45) is 0. The Morgan fingerprint density at radius 2 is 1.47 bits per heavy atom. The Hall–Kier alpha value is -2.71. The van der Waals surface area contributed by atoms with Gasteiger partial charge in [0.25, 0.3) is 0 Å². The predicted octanol–water partition coefficient (Wildman–Crippen LogP) is 4.64. The molecule has 3 aromatic rings. The lowest BCUT2D eigenvalue weighted by Gasteiger charge is -2.29. The molecule has 1 aliphatic rings. The number of hydrogen-bond donors (Lipinski definition) is 2. The fourth-order valence-corrected chi connectivity index (χ4v) is 6.31. The summed E-state index contributed by atoms with van der Waals surface area (Å²) in [6.45, 7) is 2.79. The van der Waals surface area contributed by atoms with Gasteiger partial charge in [0.05, 0.1) is 16.4 Å². The van der Waals surface area contributed by atoms with Gasteiger partial charge in [0, 0.05) is 23.5 Å². The third kappa shape index (κ3) is 5.03. The Labute approximate surface area is 204 Å². The summed E-state index contributed by atoms with van der Waals surface area (Å²) in [5.74, 6) is -2.45. The quantitative estimate of drug-likeness (QED) is 0.471. The molecule has 1 aliphatic carbocycles. The minimum atomic E-state index is -4.10. The summed E-state index contributed by atoms with van der Waals surface area (Å²) in [5, 5.41) is 20.9. The number of nitrogens with zero attached hydrogens (tertiary/aromatic N) is 1. The molecule has 34 heavy (non-hydrogen) atoms. The van der Waals surface area contributed by atoms with E-state index in [1.807, 2.05) is 18.2 Å². The number of sulfonamides is 1. The van der Waals surface area contributed by atoms with Crippen molar-refractivity contribution in [2.45, 2.75) is 36.3 Å². The monoisotopic (exact) mass is 499 g/mol. The number of carboxylic acids is 1. The summed E-state index contributed by atoms with van der Waals surface area (Å²) in [6, 6.07) is 21.9. The van der Waals surface area contributed by atoms with Crippen LogP contribution in [-0.4, -0.2) is 47.1 Å². The van der Waals surface area contributed by atoms with Crippen molar-refractivity contribution in [3.8, 4) is 11.1 Å². The molecule has 0 amide bonds. The molecule has 4 rings (SSSR count). The minimum Gasteiger partial charge on any atom is -0.481 e. The van der Waals surface area contributed by atoms with Crippen LogP contribution in [0.1, 0.15) is 25.3 Å². The van der Waals surface area contributed by atoms with Crippen LogP contribution in [-0.2, 0) is 14.8 Å². The Morgan fingerprint density at radius 3 is 1.97 bits per heavy atom.